The van der Waals surface area contributed by atoms with Gasteiger partial charge in [0.15, 0.2) is 5.82 Å². The van der Waals surface area contributed by atoms with Crippen molar-refractivity contribution in [3.63, 3.8) is 0 Å². The number of rotatable bonds is 5. The minimum atomic E-state index is -0.603. The maximum absolute atomic E-state index is 15.3. The Labute approximate surface area is 225 Å². The normalized spacial score (nSPS) is 18.9. The van der Waals surface area contributed by atoms with E-state index in [4.69, 9.17) is 11.6 Å². The first-order chi connectivity index (χ1) is 19.1. The Balaban J connectivity index is 1.19. The van der Waals surface area contributed by atoms with Crippen LogP contribution in [-0.4, -0.2) is 62.2 Å². The van der Waals surface area contributed by atoms with Gasteiger partial charge in [0.2, 0.25) is 5.91 Å². The minimum Gasteiger partial charge on any atom is -0.340 e. The SMILES string of the molecule is O=C1C=C(c2c(-n3cnnn3)ccc(Cl)c2F)CC2CCC(c3ncc(-c4ccnc(-c5ccn[nH]5)c4)[nH]3)N12. The predicted molar refractivity (Wildman–Crippen MR) is 139 cm³/mol. The summed E-state index contributed by atoms with van der Waals surface area (Å²) >= 11 is 6.13. The highest BCUT2D eigenvalue weighted by atomic mass is 35.5. The van der Waals surface area contributed by atoms with E-state index in [1.807, 2.05) is 23.1 Å². The van der Waals surface area contributed by atoms with E-state index in [9.17, 15) is 4.79 Å². The Morgan fingerprint density at radius 3 is 2.82 bits per heavy atom. The number of aromatic nitrogens is 9. The molecule has 2 aliphatic heterocycles. The molecule has 0 aliphatic carbocycles. The average Bonchev–Trinajstić information content (AvgIpc) is 3.76. The van der Waals surface area contributed by atoms with Gasteiger partial charge in [-0.15, -0.1) is 5.10 Å². The molecule has 39 heavy (non-hydrogen) atoms. The van der Waals surface area contributed by atoms with Crippen LogP contribution in [0.15, 0.2) is 61.3 Å². The number of nitrogens with one attached hydrogen (secondary N) is 2. The number of amides is 1. The first kappa shape index (κ1) is 23.4. The Morgan fingerprint density at radius 2 is 2.00 bits per heavy atom. The predicted octanol–water partition coefficient (Wildman–Crippen LogP) is 4.15. The Bertz CT molecular complexity index is 1710. The molecule has 0 spiro atoms. The number of carbonyl (C=O) groups excluding carboxylic acids is 1. The molecular formula is C26H20ClFN10O. The molecule has 1 aromatic carbocycles. The van der Waals surface area contributed by atoms with Crippen molar-refractivity contribution in [1.29, 1.82) is 0 Å². The molecule has 13 heteroatoms. The molecule has 2 atom stereocenters. The summed E-state index contributed by atoms with van der Waals surface area (Å²) in [6.07, 6.45) is 10.0. The van der Waals surface area contributed by atoms with Gasteiger partial charge in [0.25, 0.3) is 0 Å². The van der Waals surface area contributed by atoms with Crippen molar-refractivity contribution in [2.45, 2.75) is 31.3 Å². The number of pyridine rings is 1. The van der Waals surface area contributed by atoms with Crippen LogP contribution < -0.4 is 0 Å². The molecular weight excluding hydrogens is 523 g/mol. The van der Waals surface area contributed by atoms with Gasteiger partial charge >= 0.3 is 0 Å². The topological polar surface area (TPSA) is 134 Å². The van der Waals surface area contributed by atoms with Crippen LogP contribution in [0.4, 0.5) is 4.39 Å². The van der Waals surface area contributed by atoms with Crippen LogP contribution >= 0.6 is 11.6 Å². The Hall–Kier alpha value is -4.71. The number of benzene rings is 1. The van der Waals surface area contributed by atoms with Crippen LogP contribution in [0.2, 0.25) is 5.02 Å². The third-order valence-electron chi connectivity index (χ3n) is 7.26. The average molecular weight is 543 g/mol. The van der Waals surface area contributed by atoms with E-state index < -0.39 is 5.82 Å². The number of nitrogens with zero attached hydrogens (tertiary/aromatic N) is 8. The van der Waals surface area contributed by atoms with E-state index in [-0.39, 0.29) is 28.6 Å². The first-order valence-electron chi connectivity index (χ1n) is 12.3. The zero-order chi connectivity index (χ0) is 26.5. The number of hydrogen-bond acceptors (Lipinski definition) is 7. The molecule has 11 nitrogen and oxygen atoms in total. The summed E-state index contributed by atoms with van der Waals surface area (Å²) in [4.78, 5) is 27.8. The fraction of sp³-hybridized carbons (Fsp3) is 0.192. The highest BCUT2D eigenvalue weighted by molar-refractivity contribution is 6.31. The molecule has 1 amide bonds. The molecule has 194 valence electrons. The number of fused-ring (bicyclic) bond motifs is 1. The molecule has 2 unspecified atom stereocenters. The fourth-order valence-electron chi connectivity index (χ4n) is 5.50. The van der Waals surface area contributed by atoms with E-state index in [1.165, 1.54) is 23.2 Å². The first-order valence-corrected chi connectivity index (χ1v) is 12.7. The van der Waals surface area contributed by atoms with Crippen molar-refractivity contribution < 1.29 is 9.18 Å². The molecule has 0 saturated carbocycles. The van der Waals surface area contributed by atoms with Crippen LogP contribution in [0.25, 0.3) is 33.9 Å². The fourth-order valence-corrected chi connectivity index (χ4v) is 5.66. The lowest BCUT2D eigenvalue weighted by Crippen LogP contribution is -2.39. The molecule has 0 radical (unpaired) electrons. The highest BCUT2D eigenvalue weighted by Gasteiger charge is 2.42. The van der Waals surface area contributed by atoms with Gasteiger partial charge in [-0.2, -0.15) is 9.78 Å². The standard InChI is InChI=1S/C26H20ClFN10O/c27-17-2-4-21(37-13-32-35-36-37)24(25(17)28)15-9-16-1-3-22(38(16)23(39)11-15)26-30-12-20(33-26)14-5-7-29-19(10-14)18-6-8-31-34-18/h2,4-8,10-13,16,22H,1,3,9H2,(H,30,33)(H,31,34). The van der Waals surface area contributed by atoms with E-state index in [0.29, 0.717) is 23.5 Å². The number of hydrogen-bond donors (Lipinski definition) is 2. The van der Waals surface area contributed by atoms with Crippen LogP contribution in [-0.2, 0) is 4.79 Å². The van der Waals surface area contributed by atoms with Gasteiger partial charge in [0, 0.05) is 35.6 Å². The van der Waals surface area contributed by atoms with Gasteiger partial charge in [-0.1, -0.05) is 11.6 Å². The van der Waals surface area contributed by atoms with E-state index in [2.05, 4.69) is 40.7 Å². The zero-order valence-corrected chi connectivity index (χ0v) is 21.0. The number of aromatic amines is 2. The summed E-state index contributed by atoms with van der Waals surface area (Å²) in [6, 6.07) is 8.48. The van der Waals surface area contributed by atoms with Crippen molar-refractivity contribution in [1.82, 2.24) is 50.3 Å². The third kappa shape index (κ3) is 4.00. The van der Waals surface area contributed by atoms with Crippen LogP contribution in [0, 0.1) is 5.82 Å². The minimum absolute atomic E-state index is 0.0307. The quantitative estimate of drug-likeness (QED) is 0.340. The van der Waals surface area contributed by atoms with Crippen molar-refractivity contribution in [3.8, 4) is 28.3 Å². The second-order valence-corrected chi connectivity index (χ2v) is 9.87. The van der Waals surface area contributed by atoms with Crippen LogP contribution in [0.5, 0.6) is 0 Å². The lowest BCUT2D eigenvalue weighted by molar-refractivity contribution is -0.129. The lowest BCUT2D eigenvalue weighted by atomic mass is 9.92. The van der Waals surface area contributed by atoms with E-state index in [1.54, 1.807) is 24.7 Å². The molecule has 5 aromatic rings. The number of carbonyl (C=O) groups is 1. The Morgan fingerprint density at radius 1 is 1.08 bits per heavy atom. The van der Waals surface area contributed by atoms with E-state index in [0.717, 1.165) is 35.5 Å². The molecule has 7 rings (SSSR count). The van der Waals surface area contributed by atoms with E-state index >= 15 is 4.39 Å². The summed E-state index contributed by atoms with van der Waals surface area (Å²) in [6.45, 7) is 0. The molecule has 1 saturated heterocycles. The molecule has 6 heterocycles. The van der Waals surface area contributed by atoms with Crippen molar-refractivity contribution in [3.05, 3.63) is 83.6 Å². The molecule has 0 bridgehead atoms. The Kier molecular flexibility index (Phi) is 5.55. The number of H-pyrrole nitrogens is 2. The second-order valence-electron chi connectivity index (χ2n) is 9.46. The smallest absolute Gasteiger partial charge is 0.247 e. The summed E-state index contributed by atoms with van der Waals surface area (Å²) in [5.41, 5.74) is 4.54. The number of tetrazole rings is 1. The largest absolute Gasteiger partial charge is 0.340 e. The second kappa shape index (κ2) is 9.24. The van der Waals surface area contributed by atoms with Gasteiger partial charge in [-0.3, -0.25) is 14.9 Å². The molecule has 1 fully saturated rings. The van der Waals surface area contributed by atoms with Gasteiger partial charge in [0.1, 0.15) is 12.2 Å². The third-order valence-corrected chi connectivity index (χ3v) is 7.55. The number of imidazole rings is 1. The van der Waals surface area contributed by atoms with Crippen LogP contribution in [0.1, 0.15) is 36.7 Å². The van der Waals surface area contributed by atoms with Crippen molar-refractivity contribution in [2.24, 2.45) is 0 Å². The van der Waals surface area contributed by atoms with Gasteiger partial charge in [-0.05, 0) is 65.6 Å². The van der Waals surface area contributed by atoms with Crippen molar-refractivity contribution in [2.75, 3.05) is 0 Å². The van der Waals surface area contributed by atoms with Crippen molar-refractivity contribution >= 4 is 23.1 Å². The molecule has 4 aromatic heterocycles. The monoisotopic (exact) mass is 542 g/mol. The van der Waals surface area contributed by atoms with Gasteiger partial charge in [-0.25, -0.2) is 9.37 Å². The maximum Gasteiger partial charge on any atom is 0.247 e. The highest BCUT2D eigenvalue weighted by Crippen LogP contribution is 2.44. The van der Waals surface area contributed by atoms with Gasteiger partial charge in [0.05, 0.1) is 40.0 Å². The summed E-state index contributed by atoms with van der Waals surface area (Å²) in [5, 5.41) is 18.1. The zero-order valence-electron chi connectivity index (χ0n) is 20.3. The number of halogens is 2. The summed E-state index contributed by atoms with van der Waals surface area (Å²) in [5.74, 6) is -0.0932. The molecule has 2 aliphatic rings. The maximum atomic E-state index is 15.3. The van der Waals surface area contributed by atoms with Crippen LogP contribution in [0.3, 0.4) is 0 Å². The summed E-state index contributed by atoms with van der Waals surface area (Å²) < 4.78 is 16.7. The summed E-state index contributed by atoms with van der Waals surface area (Å²) in [7, 11) is 0. The molecule has 2 N–H and O–H groups in total. The van der Waals surface area contributed by atoms with Gasteiger partial charge < -0.3 is 9.88 Å². The lowest BCUT2D eigenvalue weighted by Gasteiger charge is -2.33.